The van der Waals surface area contributed by atoms with Crippen molar-refractivity contribution in [2.75, 3.05) is 12.4 Å². The normalized spacial score (nSPS) is 12.1. The van der Waals surface area contributed by atoms with Crippen LogP contribution in [-0.2, 0) is 0 Å². The van der Waals surface area contributed by atoms with Gasteiger partial charge in [0.2, 0.25) is 0 Å². The molecule has 0 spiro atoms. The van der Waals surface area contributed by atoms with Crippen LogP contribution in [-0.4, -0.2) is 7.11 Å². The minimum atomic E-state index is -0.462. The van der Waals surface area contributed by atoms with Crippen molar-refractivity contribution in [3.63, 3.8) is 0 Å². The van der Waals surface area contributed by atoms with E-state index in [-0.39, 0.29) is 16.1 Å². The van der Waals surface area contributed by atoms with Gasteiger partial charge in [0.15, 0.2) is 0 Å². The lowest BCUT2D eigenvalue weighted by Crippen LogP contribution is -2.09. The molecule has 2 aromatic rings. The fourth-order valence-electron chi connectivity index (χ4n) is 2.15. The second kappa shape index (κ2) is 6.54. The van der Waals surface area contributed by atoms with Crippen molar-refractivity contribution in [3.05, 3.63) is 57.3 Å². The molecule has 0 radical (unpaired) electrons. The van der Waals surface area contributed by atoms with Crippen molar-refractivity contribution >= 4 is 28.9 Å². The molecule has 0 saturated heterocycles. The number of aryl methyl sites for hydroxylation is 1. The van der Waals surface area contributed by atoms with Crippen LogP contribution in [0.5, 0.6) is 5.75 Å². The molecule has 0 aromatic heterocycles. The molecule has 0 aliphatic carbocycles. The first kappa shape index (κ1) is 15.9. The Balaban J connectivity index is 2.32. The zero-order valence-corrected chi connectivity index (χ0v) is 13.5. The summed E-state index contributed by atoms with van der Waals surface area (Å²) in [5.74, 6) is 0.320. The molecule has 0 aliphatic heterocycles. The SMILES string of the molecule is COc1cc(C)ccc1C(C)Nc1c(Cl)cc(F)cc1Cl. The lowest BCUT2D eigenvalue weighted by Gasteiger charge is -2.20. The highest BCUT2D eigenvalue weighted by Crippen LogP contribution is 2.36. The Morgan fingerprint density at radius 2 is 1.76 bits per heavy atom. The maximum atomic E-state index is 13.2. The second-order valence-corrected chi connectivity index (χ2v) is 5.67. The summed E-state index contributed by atoms with van der Waals surface area (Å²) in [6.07, 6.45) is 0. The van der Waals surface area contributed by atoms with Gasteiger partial charge in [-0.05, 0) is 37.6 Å². The van der Waals surface area contributed by atoms with Crippen LogP contribution in [0, 0.1) is 12.7 Å². The summed E-state index contributed by atoms with van der Waals surface area (Å²) in [6.45, 7) is 3.96. The zero-order valence-electron chi connectivity index (χ0n) is 12.0. The first-order chi connectivity index (χ1) is 9.92. The molecule has 0 fully saturated rings. The minimum Gasteiger partial charge on any atom is -0.496 e. The Hall–Kier alpha value is -1.45. The maximum absolute atomic E-state index is 13.2. The van der Waals surface area contributed by atoms with E-state index in [0.717, 1.165) is 16.9 Å². The van der Waals surface area contributed by atoms with E-state index < -0.39 is 5.82 Å². The van der Waals surface area contributed by atoms with Crippen molar-refractivity contribution in [1.29, 1.82) is 0 Å². The van der Waals surface area contributed by atoms with Crippen molar-refractivity contribution in [3.8, 4) is 5.75 Å². The molecule has 2 nitrogen and oxygen atoms in total. The van der Waals surface area contributed by atoms with E-state index >= 15 is 0 Å². The molecule has 1 unspecified atom stereocenters. The fraction of sp³-hybridized carbons (Fsp3) is 0.250. The molecule has 1 atom stereocenters. The summed E-state index contributed by atoms with van der Waals surface area (Å²) in [5, 5.41) is 3.70. The maximum Gasteiger partial charge on any atom is 0.126 e. The van der Waals surface area contributed by atoms with E-state index in [2.05, 4.69) is 5.32 Å². The monoisotopic (exact) mass is 327 g/mol. The molecule has 0 bridgehead atoms. The lowest BCUT2D eigenvalue weighted by atomic mass is 10.0. The Morgan fingerprint density at radius 1 is 1.14 bits per heavy atom. The third-order valence-corrected chi connectivity index (χ3v) is 3.82. The quantitative estimate of drug-likeness (QED) is 0.786. The predicted octanol–water partition coefficient (Wildman–Crippen LogP) is 5.62. The van der Waals surface area contributed by atoms with Crippen LogP contribution in [0.4, 0.5) is 10.1 Å². The molecule has 21 heavy (non-hydrogen) atoms. The van der Waals surface area contributed by atoms with Crippen LogP contribution in [0.1, 0.15) is 24.1 Å². The Kier molecular flexibility index (Phi) is 4.96. The molecule has 112 valence electrons. The van der Waals surface area contributed by atoms with Gasteiger partial charge in [0.25, 0.3) is 0 Å². The smallest absolute Gasteiger partial charge is 0.126 e. The van der Waals surface area contributed by atoms with Gasteiger partial charge in [-0.2, -0.15) is 0 Å². The first-order valence-corrected chi connectivity index (χ1v) is 7.23. The summed E-state index contributed by atoms with van der Waals surface area (Å²) in [7, 11) is 1.63. The Bertz CT molecular complexity index is 638. The number of ether oxygens (including phenoxy) is 1. The average Bonchev–Trinajstić information content (AvgIpc) is 2.42. The number of halogens is 3. The number of nitrogens with one attached hydrogen (secondary N) is 1. The molecule has 0 saturated carbocycles. The summed E-state index contributed by atoms with van der Waals surface area (Å²) >= 11 is 12.1. The van der Waals surface area contributed by atoms with E-state index in [1.807, 2.05) is 32.0 Å². The van der Waals surface area contributed by atoms with Gasteiger partial charge < -0.3 is 10.1 Å². The molecule has 2 rings (SSSR count). The molecule has 5 heteroatoms. The van der Waals surface area contributed by atoms with Crippen molar-refractivity contribution < 1.29 is 9.13 Å². The van der Waals surface area contributed by atoms with Crippen molar-refractivity contribution in [2.45, 2.75) is 19.9 Å². The number of hydrogen-bond donors (Lipinski definition) is 1. The highest BCUT2D eigenvalue weighted by atomic mass is 35.5. The molecular weight excluding hydrogens is 312 g/mol. The van der Waals surface area contributed by atoms with E-state index in [9.17, 15) is 4.39 Å². The average molecular weight is 328 g/mol. The number of methoxy groups -OCH3 is 1. The number of benzene rings is 2. The van der Waals surface area contributed by atoms with Crippen LogP contribution in [0.2, 0.25) is 10.0 Å². The van der Waals surface area contributed by atoms with E-state index in [1.54, 1.807) is 7.11 Å². The number of hydrogen-bond acceptors (Lipinski definition) is 2. The topological polar surface area (TPSA) is 21.3 Å². The Labute approximate surface area is 133 Å². The van der Waals surface area contributed by atoms with Gasteiger partial charge in [-0.3, -0.25) is 0 Å². The van der Waals surface area contributed by atoms with Crippen LogP contribution >= 0.6 is 23.2 Å². The van der Waals surface area contributed by atoms with Gasteiger partial charge in [0.05, 0.1) is 28.9 Å². The molecule has 0 aliphatic rings. The molecule has 1 N–H and O–H groups in total. The standard InChI is InChI=1S/C16H16Cl2FNO/c1-9-4-5-12(15(6-9)21-3)10(2)20-16-13(17)7-11(19)8-14(16)18/h4-8,10,20H,1-3H3. The van der Waals surface area contributed by atoms with Gasteiger partial charge in [-0.1, -0.05) is 35.3 Å². The minimum absolute atomic E-state index is 0.0963. The highest BCUT2D eigenvalue weighted by Gasteiger charge is 2.15. The van der Waals surface area contributed by atoms with Gasteiger partial charge in [0.1, 0.15) is 11.6 Å². The summed E-state index contributed by atoms with van der Waals surface area (Å²) in [5.41, 5.74) is 2.59. The largest absolute Gasteiger partial charge is 0.496 e. The molecular formula is C16H16Cl2FNO. The molecule has 2 aromatic carbocycles. The summed E-state index contributed by atoms with van der Waals surface area (Å²) in [6, 6.07) is 8.31. The predicted molar refractivity (Wildman–Crippen MR) is 86.2 cm³/mol. The van der Waals surface area contributed by atoms with Gasteiger partial charge >= 0.3 is 0 Å². The molecule has 0 amide bonds. The van der Waals surface area contributed by atoms with Crippen LogP contribution in [0.15, 0.2) is 30.3 Å². The van der Waals surface area contributed by atoms with Gasteiger partial charge in [-0.15, -0.1) is 0 Å². The van der Waals surface area contributed by atoms with Crippen molar-refractivity contribution in [1.82, 2.24) is 0 Å². The highest BCUT2D eigenvalue weighted by molar-refractivity contribution is 6.39. The third-order valence-electron chi connectivity index (χ3n) is 3.22. The molecule has 0 heterocycles. The fourth-order valence-corrected chi connectivity index (χ4v) is 2.72. The van der Waals surface area contributed by atoms with Crippen molar-refractivity contribution in [2.24, 2.45) is 0 Å². The van der Waals surface area contributed by atoms with Crippen LogP contribution in [0.25, 0.3) is 0 Å². The first-order valence-electron chi connectivity index (χ1n) is 6.48. The van der Waals surface area contributed by atoms with Crippen LogP contribution in [0.3, 0.4) is 0 Å². The number of anilines is 1. The summed E-state index contributed by atoms with van der Waals surface area (Å²) < 4.78 is 18.6. The lowest BCUT2D eigenvalue weighted by molar-refractivity contribution is 0.407. The zero-order chi connectivity index (χ0) is 15.6. The van der Waals surface area contributed by atoms with Gasteiger partial charge in [-0.25, -0.2) is 4.39 Å². The summed E-state index contributed by atoms with van der Waals surface area (Å²) in [4.78, 5) is 0. The second-order valence-electron chi connectivity index (χ2n) is 4.86. The van der Waals surface area contributed by atoms with E-state index in [0.29, 0.717) is 5.69 Å². The van der Waals surface area contributed by atoms with Crippen LogP contribution < -0.4 is 10.1 Å². The van der Waals surface area contributed by atoms with E-state index in [4.69, 9.17) is 27.9 Å². The van der Waals surface area contributed by atoms with Gasteiger partial charge in [0, 0.05) is 5.56 Å². The Morgan fingerprint density at radius 3 is 2.33 bits per heavy atom. The van der Waals surface area contributed by atoms with E-state index in [1.165, 1.54) is 12.1 Å². The third kappa shape index (κ3) is 3.60. The number of rotatable bonds is 4.